The van der Waals surface area contributed by atoms with Crippen molar-refractivity contribution in [1.82, 2.24) is 0 Å². The average molecular weight is 381 g/mol. The third kappa shape index (κ3) is 33.3. The van der Waals surface area contributed by atoms with E-state index in [2.05, 4.69) is 67.7 Å². The predicted molar refractivity (Wildman–Crippen MR) is 133 cm³/mol. The first-order chi connectivity index (χ1) is 13.0. The molecule has 0 saturated carbocycles. The molecule has 0 aliphatic carbocycles. The lowest BCUT2D eigenvalue weighted by Gasteiger charge is -2.14. The van der Waals surface area contributed by atoms with E-state index in [0.29, 0.717) is 5.92 Å². The van der Waals surface area contributed by atoms with Crippen molar-refractivity contribution in [2.24, 2.45) is 5.92 Å². The maximum Gasteiger partial charge on any atom is -0.0168 e. The minimum absolute atomic E-state index is 0.683. The van der Waals surface area contributed by atoms with Crippen molar-refractivity contribution >= 4 is 0 Å². The Morgan fingerprint density at radius 2 is 1.19 bits per heavy atom. The molecule has 27 heavy (non-hydrogen) atoms. The van der Waals surface area contributed by atoms with Crippen molar-refractivity contribution in [2.45, 2.75) is 133 Å². The molecule has 0 amide bonds. The molecular formula is C27H56. The minimum atomic E-state index is 0.683. The third-order valence-electron chi connectivity index (χ3n) is 4.57. The molecule has 0 nitrogen and oxygen atoms in total. The summed E-state index contributed by atoms with van der Waals surface area (Å²) in [5.74, 6) is 0.683. The molecule has 0 bridgehead atoms. The number of rotatable bonds is 12. The summed E-state index contributed by atoms with van der Waals surface area (Å²) in [6.45, 7) is 27.1. The second-order valence-corrected chi connectivity index (χ2v) is 6.96. The highest BCUT2D eigenvalue weighted by molar-refractivity contribution is 5.14. The van der Waals surface area contributed by atoms with Crippen LogP contribution in [0.4, 0.5) is 0 Å². The van der Waals surface area contributed by atoms with Crippen LogP contribution < -0.4 is 0 Å². The monoisotopic (exact) mass is 380 g/mol. The molecule has 0 saturated heterocycles. The summed E-state index contributed by atoms with van der Waals surface area (Å²) in [5, 5.41) is 0. The molecular weight excluding hydrogens is 324 g/mol. The second-order valence-electron chi connectivity index (χ2n) is 6.96. The zero-order valence-electron chi connectivity index (χ0n) is 20.9. The number of hydrogen-bond acceptors (Lipinski definition) is 0. The van der Waals surface area contributed by atoms with E-state index in [1.165, 1.54) is 81.8 Å². The van der Waals surface area contributed by atoms with E-state index >= 15 is 0 Å². The fourth-order valence-electron chi connectivity index (χ4n) is 2.44. The Labute approximate surface area is 175 Å². The molecule has 0 atom stereocenters. The third-order valence-corrected chi connectivity index (χ3v) is 4.57. The van der Waals surface area contributed by atoms with Crippen LogP contribution in [0, 0.1) is 5.92 Å². The molecule has 0 N–H and O–H groups in total. The summed E-state index contributed by atoms with van der Waals surface area (Å²) in [6.07, 6.45) is 18.7. The quantitative estimate of drug-likeness (QED) is 0.179. The van der Waals surface area contributed by atoms with Crippen LogP contribution >= 0.6 is 0 Å². The molecule has 0 fully saturated rings. The van der Waals surface area contributed by atoms with Gasteiger partial charge >= 0.3 is 0 Å². The molecule has 0 heteroatoms. The standard InChI is InChI=1S/C11H20.C8H18.C6H12.C2H6/c1-5-8-11(9-6-2)10(4)7-3;1-3-5-7-8-6-4-2;1-4-6(3)5-2;1-2/h7,11H,3-6,8-9H2,1-2H3;3-8H2,1-2H3;4H,5H2,1-3H3;1-2H3/b;;6-4+;. The SMILES string of the molecule is C/C=C(\C)CC.C=CC(=C)C(CCC)CCC.CC.CCCCCCCC. The fraction of sp³-hybridized carbons (Fsp3) is 0.778. The molecule has 164 valence electrons. The van der Waals surface area contributed by atoms with Gasteiger partial charge in [-0.15, -0.1) is 0 Å². The van der Waals surface area contributed by atoms with E-state index in [1.54, 1.807) is 0 Å². The van der Waals surface area contributed by atoms with Crippen molar-refractivity contribution < 1.29 is 0 Å². The Hall–Kier alpha value is -0.780. The largest absolute Gasteiger partial charge is 0.0988 e. The van der Waals surface area contributed by atoms with Gasteiger partial charge in [-0.2, -0.15) is 0 Å². The van der Waals surface area contributed by atoms with Gasteiger partial charge in [0.1, 0.15) is 0 Å². The average Bonchev–Trinajstić information content (AvgIpc) is 2.72. The van der Waals surface area contributed by atoms with Crippen LogP contribution in [0.3, 0.4) is 0 Å². The minimum Gasteiger partial charge on any atom is -0.0988 e. The highest BCUT2D eigenvalue weighted by Gasteiger charge is 2.06. The summed E-state index contributed by atoms with van der Waals surface area (Å²) >= 11 is 0. The van der Waals surface area contributed by atoms with Gasteiger partial charge in [0.25, 0.3) is 0 Å². The van der Waals surface area contributed by atoms with Gasteiger partial charge in [-0.05, 0) is 39.0 Å². The molecule has 0 unspecified atom stereocenters. The maximum atomic E-state index is 3.99. The van der Waals surface area contributed by atoms with Gasteiger partial charge in [0.2, 0.25) is 0 Å². The van der Waals surface area contributed by atoms with E-state index in [-0.39, 0.29) is 0 Å². The molecule has 0 aliphatic rings. The molecule has 0 rings (SSSR count). The van der Waals surface area contributed by atoms with Crippen LogP contribution in [0.5, 0.6) is 0 Å². The fourth-order valence-corrected chi connectivity index (χ4v) is 2.44. The van der Waals surface area contributed by atoms with Crippen LogP contribution in [0.25, 0.3) is 0 Å². The molecule has 0 radical (unpaired) electrons. The van der Waals surface area contributed by atoms with Gasteiger partial charge in [-0.1, -0.05) is 136 Å². The van der Waals surface area contributed by atoms with Gasteiger partial charge < -0.3 is 0 Å². The van der Waals surface area contributed by atoms with Crippen LogP contribution in [-0.2, 0) is 0 Å². The van der Waals surface area contributed by atoms with Crippen molar-refractivity contribution in [1.29, 1.82) is 0 Å². The Morgan fingerprint density at radius 3 is 1.37 bits per heavy atom. The number of unbranched alkanes of at least 4 members (excludes halogenated alkanes) is 5. The molecule has 0 spiro atoms. The van der Waals surface area contributed by atoms with Gasteiger partial charge in [0.15, 0.2) is 0 Å². The Morgan fingerprint density at radius 1 is 0.778 bits per heavy atom. The first-order valence-electron chi connectivity index (χ1n) is 11.9. The molecule has 0 aromatic rings. The molecule has 0 aromatic carbocycles. The highest BCUT2D eigenvalue weighted by atomic mass is 14.1. The Kier molecular flexibility index (Phi) is 41.1. The van der Waals surface area contributed by atoms with Crippen LogP contribution in [0.2, 0.25) is 0 Å². The van der Waals surface area contributed by atoms with E-state index in [1.807, 2.05) is 19.9 Å². The van der Waals surface area contributed by atoms with Crippen LogP contribution in [0.1, 0.15) is 133 Å². The summed E-state index contributed by atoms with van der Waals surface area (Å²) in [6, 6.07) is 0. The summed E-state index contributed by atoms with van der Waals surface area (Å²) in [5.41, 5.74) is 2.68. The van der Waals surface area contributed by atoms with Gasteiger partial charge in [-0.3, -0.25) is 0 Å². The lowest BCUT2D eigenvalue weighted by atomic mass is 9.91. The smallest absolute Gasteiger partial charge is 0.0168 e. The van der Waals surface area contributed by atoms with Crippen molar-refractivity contribution in [3.63, 3.8) is 0 Å². The van der Waals surface area contributed by atoms with Crippen LogP contribution in [-0.4, -0.2) is 0 Å². The lowest BCUT2D eigenvalue weighted by molar-refractivity contribution is 0.514. The van der Waals surface area contributed by atoms with Crippen molar-refractivity contribution in [3.05, 3.63) is 36.5 Å². The van der Waals surface area contributed by atoms with Gasteiger partial charge in [-0.25, -0.2) is 0 Å². The van der Waals surface area contributed by atoms with Gasteiger partial charge in [0.05, 0.1) is 0 Å². The van der Waals surface area contributed by atoms with Crippen molar-refractivity contribution in [2.75, 3.05) is 0 Å². The maximum absolute atomic E-state index is 3.99. The first kappa shape index (κ1) is 33.8. The van der Waals surface area contributed by atoms with E-state index in [0.717, 1.165) is 0 Å². The topological polar surface area (TPSA) is 0 Å². The van der Waals surface area contributed by atoms with E-state index in [9.17, 15) is 0 Å². The first-order valence-corrected chi connectivity index (χ1v) is 11.9. The molecule has 0 heterocycles. The summed E-state index contributed by atoms with van der Waals surface area (Å²) in [7, 11) is 0. The number of allylic oxidation sites excluding steroid dienone is 4. The zero-order chi connectivity index (χ0) is 21.9. The van der Waals surface area contributed by atoms with Crippen LogP contribution in [0.15, 0.2) is 36.5 Å². The zero-order valence-corrected chi connectivity index (χ0v) is 20.9. The van der Waals surface area contributed by atoms with Gasteiger partial charge in [0, 0.05) is 0 Å². The summed E-state index contributed by atoms with van der Waals surface area (Å²) < 4.78 is 0. The Bertz CT molecular complexity index is 283. The van der Waals surface area contributed by atoms with E-state index in [4.69, 9.17) is 0 Å². The molecule has 0 aromatic heterocycles. The van der Waals surface area contributed by atoms with E-state index < -0.39 is 0 Å². The second kappa shape index (κ2) is 32.9. The Balaban J connectivity index is -0.000000146. The summed E-state index contributed by atoms with van der Waals surface area (Å²) in [4.78, 5) is 0. The highest BCUT2D eigenvalue weighted by Crippen LogP contribution is 2.21. The van der Waals surface area contributed by atoms with Crippen molar-refractivity contribution in [3.8, 4) is 0 Å². The number of hydrogen-bond donors (Lipinski definition) is 0. The normalized spacial score (nSPS) is 9.93. The molecule has 0 aliphatic heterocycles. The lowest BCUT2D eigenvalue weighted by Crippen LogP contribution is -2.00. The predicted octanol–water partition coefficient (Wildman–Crippen LogP) is 10.7.